The van der Waals surface area contributed by atoms with Crippen LogP contribution < -0.4 is 16.0 Å². The number of nitriles is 1. The highest BCUT2D eigenvalue weighted by Crippen LogP contribution is 2.24. The fourth-order valence-electron chi connectivity index (χ4n) is 2.96. The van der Waals surface area contributed by atoms with Crippen LogP contribution in [0.1, 0.15) is 16.7 Å². The van der Waals surface area contributed by atoms with E-state index in [1.54, 1.807) is 6.07 Å². The van der Waals surface area contributed by atoms with Crippen LogP contribution in [0.3, 0.4) is 0 Å². The average molecular weight is 410 g/mol. The summed E-state index contributed by atoms with van der Waals surface area (Å²) in [5, 5.41) is 20.9. The van der Waals surface area contributed by atoms with Crippen molar-refractivity contribution in [1.82, 2.24) is 10.3 Å². The van der Waals surface area contributed by atoms with Gasteiger partial charge in [-0.15, -0.1) is 0 Å². The van der Waals surface area contributed by atoms with Crippen molar-refractivity contribution in [3.63, 3.8) is 0 Å². The molecule has 7 heteroatoms. The Labute approximate surface area is 174 Å². The first-order valence-corrected chi connectivity index (χ1v) is 9.62. The molecule has 3 N–H and O–H groups in total. The number of hydrogen-bond donors (Lipinski definition) is 3. The second-order valence-corrected chi connectivity index (χ2v) is 7.25. The largest absolute Gasteiger partial charge is 0.367 e. The normalized spacial score (nSPS) is 10.4. The molecule has 0 saturated carbocycles. The Balaban J connectivity index is 1.61. The van der Waals surface area contributed by atoms with Gasteiger partial charge in [-0.1, -0.05) is 35.4 Å². The average Bonchev–Trinajstić information content (AvgIpc) is 2.66. The summed E-state index contributed by atoms with van der Waals surface area (Å²) in [6, 6.07) is 15.6. The van der Waals surface area contributed by atoms with Gasteiger partial charge in [0.2, 0.25) is 0 Å². The van der Waals surface area contributed by atoms with Crippen molar-refractivity contribution in [3.05, 3.63) is 64.2 Å². The molecule has 0 fully saturated rings. The zero-order chi connectivity index (χ0) is 20.1. The van der Waals surface area contributed by atoms with Crippen LogP contribution in [0, 0.1) is 25.2 Å². The van der Waals surface area contributed by atoms with Gasteiger partial charge in [0.05, 0.1) is 21.8 Å². The first-order valence-electron chi connectivity index (χ1n) is 8.83. The molecule has 0 saturated heterocycles. The zero-order valence-electron chi connectivity index (χ0n) is 15.6. The summed E-state index contributed by atoms with van der Waals surface area (Å²) < 4.78 is 0. The van der Waals surface area contributed by atoms with Gasteiger partial charge in [0.1, 0.15) is 11.9 Å². The van der Waals surface area contributed by atoms with Crippen molar-refractivity contribution in [3.8, 4) is 6.07 Å². The van der Waals surface area contributed by atoms with Crippen LogP contribution in [0.4, 0.5) is 11.5 Å². The van der Waals surface area contributed by atoms with Crippen molar-refractivity contribution in [2.45, 2.75) is 13.8 Å². The first kappa shape index (κ1) is 19.9. The van der Waals surface area contributed by atoms with Crippen LogP contribution in [-0.4, -0.2) is 23.2 Å². The number of hydrogen-bond acceptors (Lipinski definition) is 4. The molecule has 1 aromatic heterocycles. The Morgan fingerprint density at radius 1 is 1.18 bits per heavy atom. The molecular formula is C21H20ClN5S. The first-order chi connectivity index (χ1) is 13.5. The van der Waals surface area contributed by atoms with E-state index in [-0.39, 0.29) is 0 Å². The minimum absolute atomic E-state index is 0.480. The third-order valence-corrected chi connectivity index (χ3v) is 4.77. The molecule has 0 aliphatic rings. The maximum atomic E-state index is 9.46. The van der Waals surface area contributed by atoms with Gasteiger partial charge in [0, 0.05) is 18.5 Å². The molecule has 3 aromatic rings. The van der Waals surface area contributed by atoms with Crippen LogP contribution in [0.2, 0.25) is 5.02 Å². The van der Waals surface area contributed by atoms with E-state index in [1.807, 2.05) is 44.2 Å². The van der Waals surface area contributed by atoms with E-state index in [9.17, 15) is 5.26 Å². The lowest BCUT2D eigenvalue weighted by Gasteiger charge is -2.13. The van der Waals surface area contributed by atoms with Crippen molar-refractivity contribution >= 4 is 51.3 Å². The second kappa shape index (κ2) is 8.87. The van der Waals surface area contributed by atoms with Crippen LogP contribution in [0.5, 0.6) is 0 Å². The molecule has 0 amide bonds. The van der Waals surface area contributed by atoms with Crippen LogP contribution in [-0.2, 0) is 0 Å². The minimum atomic E-state index is 0.480. The SMILES string of the molecule is Cc1cc(C)c2nc(NCCNC(=S)Nc3ccccc3Cl)c(C#N)cc2c1. The Morgan fingerprint density at radius 2 is 1.96 bits per heavy atom. The Bertz CT molecular complexity index is 1070. The second-order valence-electron chi connectivity index (χ2n) is 6.44. The van der Waals surface area contributed by atoms with Gasteiger partial charge < -0.3 is 16.0 Å². The van der Waals surface area contributed by atoms with E-state index in [2.05, 4.69) is 33.1 Å². The summed E-state index contributed by atoms with van der Waals surface area (Å²) in [6.45, 7) is 5.19. The predicted molar refractivity (Wildman–Crippen MR) is 120 cm³/mol. The summed E-state index contributed by atoms with van der Waals surface area (Å²) >= 11 is 11.4. The monoisotopic (exact) mass is 409 g/mol. The lowest BCUT2D eigenvalue weighted by molar-refractivity contribution is 0.911. The van der Waals surface area contributed by atoms with Crippen molar-refractivity contribution in [2.75, 3.05) is 23.7 Å². The summed E-state index contributed by atoms with van der Waals surface area (Å²) in [5.74, 6) is 0.578. The highest BCUT2D eigenvalue weighted by Gasteiger charge is 2.09. The number of para-hydroxylation sites is 1. The van der Waals surface area contributed by atoms with Crippen molar-refractivity contribution in [2.24, 2.45) is 0 Å². The Hall–Kier alpha value is -2.88. The molecule has 0 radical (unpaired) electrons. The molecule has 2 aromatic carbocycles. The van der Waals surface area contributed by atoms with Crippen molar-refractivity contribution in [1.29, 1.82) is 5.26 Å². The van der Waals surface area contributed by atoms with E-state index in [0.29, 0.717) is 34.6 Å². The number of aromatic nitrogens is 1. The molecule has 0 spiro atoms. The smallest absolute Gasteiger partial charge is 0.170 e. The number of benzene rings is 2. The maximum absolute atomic E-state index is 9.46. The standard InChI is InChI=1S/C21H20ClN5S/c1-13-9-14(2)19-15(10-13)11-16(12-23)20(27-19)24-7-8-25-21(28)26-18-6-4-3-5-17(18)22/h3-6,9-11H,7-8H2,1-2H3,(H,24,27)(H2,25,26,28). The highest BCUT2D eigenvalue weighted by atomic mass is 35.5. The van der Waals surface area contributed by atoms with Crippen LogP contribution >= 0.6 is 23.8 Å². The summed E-state index contributed by atoms with van der Waals surface area (Å²) in [5.41, 5.74) is 4.42. The molecule has 0 bridgehead atoms. The molecular weight excluding hydrogens is 390 g/mol. The van der Waals surface area contributed by atoms with Gasteiger partial charge in [-0.05, 0) is 55.9 Å². The van der Waals surface area contributed by atoms with Gasteiger partial charge in [0.15, 0.2) is 5.11 Å². The van der Waals surface area contributed by atoms with Gasteiger partial charge in [-0.25, -0.2) is 4.98 Å². The number of fused-ring (bicyclic) bond motifs is 1. The maximum Gasteiger partial charge on any atom is 0.170 e. The minimum Gasteiger partial charge on any atom is -0.367 e. The van der Waals surface area contributed by atoms with Gasteiger partial charge in [0.25, 0.3) is 0 Å². The summed E-state index contributed by atoms with van der Waals surface area (Å²) in [6.07, 6.45) is 0. The van der Waals surface area contributed by atoms with Crippen LogP contribution in [0.25, 0.3) is 10.9 Å². The fraction of sp³-hybridized carbons (Fsp3) is 0.190. The molecule has 142 valence electrons. The summed E-state index contributed by atoms with van der Waals surface area (Å²) in [4.78, 5) is 4.66. The third-order valence-electron chi connectivity index (χ3n) is 4.20. The number of aryl methyl sites for hydroxylation is 2. The van der Waals surface area contributed by atoms with E-state index < -0.39 is 0 Å². The number of rotatable bonds is 5. The van der Waals surface area contributed by atoms with Crippen molar-refractivity contribution < 1.29 is 0 Å². The van der Waals surface area contributed by atoms with Crippen LogP contribution in [0.15, 0.2) is 42.5 Å². The number of nitrogens with one attached hydrogen (secondary N) is 3. The number of anilines is 2. The number of nitrogens with zero attached hydrogens (tertiary/aromatic N) is 2. The molecule has 0 atom stereocenters. The topological polar surface area (TPSA) is 72.8 Å². The number of halogens is 1. The van der Waals surface area contributed by atoms with E-state index in [0.717, 1.165) is 27.7 Å². The highest BCUT2D eigenvalue weighted by molar-refractivity contribution is 7.80. The van der Waals surface area contributed by atoms with E-state index in [4.69, 9.17) is 23.8 Å². The summed E-state index contributed by atoms with van der Waals surface area (Å²) in [7, 11) is 0. The molecule has 0 aliphatic carbocycles. The lowest BCUT2D eigenvalue weighted by atomic mass is 10.1. The molecule has 5 nitrogen and oxygen atoms in total. The molecule has 3 rings (SSSR count). The Morgan fingerprint density at radius 3 is 2.71 bits per heavy atom. The van der Waals surface area contributed by atoms with Gasteiger partial charge in [-0.3, -0.25) is 0 Å². The van der Waals surface area contributed by atoms with E-state index >= 15 is 0 Å². The molecule has 1 heterocycles. The zero-order valence-corrected chi connectivity index (χ0v) is 17.2. The Kier molecular flexibility index (Phi) is 6.30. The van der Waals surface area contributed by atoms with E-state index in [1.165, 1.54) is 0 Å². The number of thiocarbonyl (C=S) groups is 1. The molecule has 0 unspecified atom stereocenters. The third kappa shape index (κ3) is 4.69. The predicted octanol–water partition coefficient (Wildman–Crippen LogP) is 4.78. The number of pyridine rings is 1. The van der Waals surface area contributed by atoms with Gasteiger partial charge >= 0.3 is 0 Å². The lowest BCUT2D eigenvalue weighted by Crippen LogP contribution is -2.32. The quantitative estimate of drug-likeness (QED) is 0.416. The molecule has 28 heavy (non-hydrogen) atoms. The fourth-order valence-corrected chi connectivity index (χ4v) is 3.35. The molecule has 0 aliphatic heterocycles. The van der Waals surface area contributed by atoms with Gasteiger partial charge in [-0.2, -0.15) is 5.26 Å².